The van der Waals surface area contributed by atoms with Crippen LogP contribution in [0, 0.1) is 0 Å². The summed E-state index contributed by atoms with van der Waals surface area (Å²) < 4.78 is 10.8. The molecule has 0 N–H and O–H groups in total. The number of rotatable bonds is 8. The summed E-state index contributed by atoms with van der Waals surface area (Å²) in [7, 11) is 3.23. The molecule has 3 aromatic rings. The van der Waals surface area contributed by atoms with Gasteiger partial charge in [-0.2, -0.15) is 0 Å². The smallest absolute Gasteiger partial charge is 0.242 e. The fraction of sp³-hybridized carbons (Fsp3) is 0.379. The van der Waals surface area contributed by atoms with Crippen LogP contribution in [-0.2, 0) is 9.59 Å². The number of hydrogen-bond acceptors (Lipinski definition) is 7. The average molecular weight is 518 g/mol. The van der Waals surface area contributed by atoms with Crippen molar-refractivity contribution in [2.75, 3.05) is 51.8 Å². The highest BCUT2D eigenvalue weighted by atomic mass is 16.5. The van der Waals surface area contributed by atoms with Gasteiger partial charge in [0.05, 0.1) is 26.0 Å². The molecule has 9 nitrogen and oxygen atoms in total. The van der Waals surface area contributed by atoms with Gasteiger partial charge < -0.3 is 24.2 Å². The molecule has 2 amide bonds. The Hall–Kier alpha value is -4.14. The van der Waals surface area contributed by atoms with Gasteiger partial charge in [-0.15, -0.1) is 10.2 Å². The number of methoxy groups -OCH3 is 2. The molecule has 38 heavy (non-hydrogen) atoms. The maximum Gasteiger partial charge on any atom is 0.242 e. The molecule has 1 aliphatic rings. The zero-order chi connectivity index (χ0) is 27.1. The molecule has 0 aliphatic carbocycles. The van der Waals surface area contributed by atoms with E-state index in [1.54, 1.807) is 19.1 Å². The molecular weight excluding hydrogens is 482 g/mol. The molecule has 1 atom stereocenters. The van der Waals surface area contributed by atoms with Crippen molar-refractivity contribution in [1.82, 2.24) is 20.0 Å². The second kappa shape index (κ2) is 12.4. The minimum atomic E-state index is -0.181. The van der Waals surface area contributed by atoms with Gasteiger partial charge in [0.25, 0.3) is 0 Å². The van der Waals surface area contributed by atoms with Crippen LogP contribution in [0.1, 0.15) is 31.9 Å². The topological polar surface area (TPSA) is 88.1 Å². The Morgan fingerprint density at radius 1 is 0.947 bits per heavy atom. The Morgan fingerprint density at radius 2 is 1.74 bits per heavy atom. The Labute approximate surface area is 224 Å². The van der Waals surface area contributed by atoms with Gasteiger partial charge in [0.2, 0.25) is 11.8 Å². The molecule has 1 fully saturated rings. The lowest BCUT2D eigenvalue weighted by molar-refractivity contribution is -0.141. The Morgan fingerprint density at radius 3 is 2.39 bits per heavy atom. The van der Waals surface area contributed by atoms with Crippen LogP contribution >= 0.6 is 0 Å². The van der Waals surface area contributed by atoms with Gasteiger partial charge in [0.1, 0.15) is 18.0 Å². The first-order valence-corrected chi connectivity index (χ1v) is 12.8. The predicted octanol–water partition coefficient (Wildman–Crippen LogP) is 3.81. The summed E-state index contributed by atoms with van der Waals surface area (Å²) >= 11 is 0. The number of hydrogen-bond donors (Lipinski definition) is 0. The molecule has 4 rings (SSSR count). The number of carbonyl (C=O) groups excluding carboxylic acids is 2. The van der Waals surface area contributed by atoms with Crippen LogP contribution in [0.25, 0.3) is 11.3 Å². The van der Waals surface area contributed by atoms with E-state index in [4.69, 9.17) is 9.47 Å². The zero-order valence-electron chi connectivity index (χ0n) is 22.5. The summed E-state index contributed by atoms with van der Waals surface area (Å²) in [6, 6.07) is 19.1. The Balaban J connectivity index is 1.39. The fourth-order valence-electron chi connectivity index (χ4n) is 4.72. The zero-order valence-corrected chi connectivity index (χ0v) is 22.5. The monoisotopic (exact) mass is 517 g/mol. The van der Waals surface area contributed by atoms with Gasteiger partial charge in [0.15, 0.2) is 5.82 Å². The standard InChI is InChI=1S/C29H35N5O4/c1-21(23-9-6-5-7-10-23)34(22(2)35)20-29(36)33-16-8-15-32(17-18-33)28-14-13-26(30-31-28)25-12-11-24(37-3)19-27(25)38-4/h5-7,9-14,19,21H,8,15-18,20H2,1-4H3. The van der Waals surface area contributed by atoms with Crippen molar-refractivity contribution in [3.63, 3.8) is 0 Å². The van der Waals surface area contributed by atoms with Crippen LogP contribution in [0.4, 0.5) is 5.82 Å². The van der Waals surface area contributed by atoms with Crippen molar-refractivity contribution in [2.45, 2.75) is 26.3 Å². The highest BCUT2D eigenvalue weighted by Gasteiger charge is 2.26. The summed E-state index contributed by atoms with van der Waals surface area (Å²) in [5, 5.41) is 8.91. The van der Waals surface area contributed by atoms with E-state index in [9.17, 15) is 9.59 Å². The van der Waals surface area contributed by atoms with E-state index in [1.807, 2.05) is 72.5 Å². The van der Waals surface area contributed by atoms with Crippen LogP contribution in [-0.4, -0.2) is 78.8 Å². The van der Waals surface area contributed by atoms with E-state index in [0.717, 1.165) is 29.9 Å². The summed E-state index contributed by atoms with van der Waals surface area (Å²) in [5.74, 6) is 1.97. The molecule has 2 heterocycles. The number of nitrogens with zero attached hydrogens (tertiary/aromatic N) is 5. The first-order valence-electron chi connectivity index (χ1n) is 12.8. The molecule has 0 radical (unpaired) electrons. The van der Waals surface area contributed by atoms with Crippen molar-refractivity contribution in [3.8, 4) is 22.8 Å². The number of benzene rings is 2. The summed E-state index contributed by atoms with van der Waals surface area (Å²) in [6.07, 6.45) is 0.801. The van der Waals surface area contributed by atoms with Crippen LogP contribution in [0.5, 0.6) is 11.5 Å². The van der Waals surface area contributed by atoms with E-state index in [2.05, 4.69) is 15.1 Å². The maximum atomic E-state index is 13.2. The number of amides is 2. The van der Waals surface area contributed by atoms with Crippen molar-refractivity contribution in [1.29, 1.82) is 0 Å². The second-order valence-electron chi connectivity index (χ2n) is 9.30. The first-order chi connectivity index (χ1) is 18.4. The van der Waals surface area contributed by atoms with E-state index in [0.29, 0.717) is 36.8 Å². The highest BCUT2D eigenvalue weighted by Crippen LogP contribution is 2.32. The van der Waals surface area contributed by atoms with E-state index < -0.39 is 0 Å². The van der Waals surface area contributed by atoms with Crippen LogP contribution in [0.2, 0.25) is 0 Å². The summed E-state index contributed by atoms with van der Waals surface area (Å²) in [6.45, 7) is 6.12. The maximum absolute atomic E-state index is 13.2. The van der Waals surface area contributed by atoms with Gasteiger partial charge in [0, 0.05) is 44.7 Å². The molecule has 0 bridgehead atoms. The fourth-order valence-corrected chi connectivity index (χ4v) is 4.72. The van der Waals surface area contributed by atoms with Crippen molar-refractivity contribution < 1.29 is 19.1 Å². The minimum Gasteiger partial charge on any atom is -0.497 e. The molecule has 0 spiro atoms. The van der Waals surface area contributed by atoms with E-state index >= 15 is 0 Å². The van der Waals surface area contributed by atoms with Gasteiger partial charge in [-0.25, -0.2) is 0 Å². The number of aromatic nitrogens is 2. The lowest BCUT2D eigenvalue weighted by Crippen LogP contribution is -2.44. The molecule has 2 aromatic carbocycles. The van der Waals surface area contributed by atoms with Gasteiger partial charge in [-0.1, -0.05) is 30.3 Å². The molecule has 1 aromatic heterocycles. The number of ether oxygens (including phenoxy) is 2. The van der Waals surface area contributed by atoms with Gasteiger partial charge >= 0.3 is 0 Å². The molecule has 1 unspecified atom stereocenters. The minimum absolute atomic E-state index is 0.0436. The largest absolute Gasteiger partial charge is 0.497 e. The van der Waals surface area contributed by atoms with Gasteiger partial charge in [-0.3, -0.25) is 9.59 Å². The van der Waals surface area contributed by atoms with Crippen molar-refractivity contribution in [3.05, 3.63) is 66.2 Å². The molecule has 200 valence electrons. The highest BCUT2D eigenvalue weighted by molar-refractivity contribution is 5.84. The van der Waals surface area contributed by atoms with Crippen molar-refractivity contribution >= 4 is 17.6 Å². The SMILES string of the molecule is COc1ccc(-c2ccc(N3CCCN(C(=O)CN(C(C)=O)C(C)c4ccccc4)CC3)nn2)c(OC)c1. The number of carbonyl (C=O) groups is 2. The molecule has 0 saturated carbocycles. The van der Waals surface area contributed by atoms with E-state index in [-0.39, 0.29) is 24.4 Å². The van der Waals surface area contributed by atoms with Crippen molar-refractivity contribution in [2.24, 2.45) is 0 Å². The van der Waals surface area contributed by atoms with Crippen LogP contribution in [0.15, 0.2) is 60.7 Å². The average Bonchev–Trinajstić information content (AvgIpc) is 3.22. The Kier molecular flexibility index (Phi) is 8.78. The third-order valence-electron chi connectivity index (χ3n) is 6.97. The molecular formula is C29H35N5O4. The van der Waals surface area contributed by atoms with E-state index in [1.165, 1.54) is 6.92 Å². The predicted molar refractivity (Wildman–Crippen MR) is 146 cm³/mol. The second-order valence-corrected chi connectivity index (χ2v) is 9.30. The normalized spacial score (nSPS) is 14.4. The summed E-state index contributed by atoms with van der Waals surface area (Å²) in [5.41, 5.74) is 2.54. The van der Waals surface area contributed by atoms with Crippen LogP contribution in [0.3, 0.4) is 0 Å². The first kappa shape index (κ1) is 26.9. The number of anilines is 1. The third-order valence-corrected chi connectivity index (χ3v) is 6.97. The molecule has 1 aliphatic heterocycles. The quantitative estimate of drug-likeness (QED) is 0.449. The van der Waals surface area contributed by atoms with Crippen LogP contribution < -0.4 is 14.4 Å². The molecule has 9 heteroatoms. The van der Waals surface area contributed by atoms with Gasteiger partial charge in [-0.05, 0) is 43.2 Å². The summed E-state index contributed by atoms with van der Waals surface area (Å²) in [4.78, 5) is 31.2. The molecule has 1 saturated heterocycles. The third kappa shape index (κ3) is 6.22. The lowest BCUT2D eigenvalue weighted by atomic mass is 10.1. The lowest BCUT2D eigenvalue weighted by Gasteiger charge is -2.30. The Bertz CT molecular complexity index is 1240.